The minimum atomic E-state index is -0.844. The van der Waals surface area contributed by atoms with Gasteiger partial charge in [-0.25, -0.2) is 4.79 Å². The third-order valence-electron chi connectivity index (χ3n) is 4.11. The monoisotopic (exact) mass is 362 g/mol. The Labute approximate surface area is 158 Å². The Kier molecular flexibility index (Phi) is 13.0. The lowest BCUT2D eigenvalue weighted by Gasteiger charge is -2.03. The molecule has 0 unspecified atom stereocenters. The molecule has 0 fully saturated rings. The molecule has 26 heavy (non-hydrogen) atoms. The first-order chi connectivity index (χ1) is 12.2. The molecule has 0 aliphatic carbocycles. The van der Waals surface area contributed by atoms with Gasteiger partial charge in [-0.15, -0.1) is 0 Å². The van der Waals surface area contributed by atoms with Crippen LogP contribution in [0.25, 0.3) is 0 Å². The molecule has 0 aliphatic rings. The van der Waals surface area contributed by atoms with E-state index in [0.717, 1.165) is 38.5 Å². The molecule has 0 atom stereocenters. The van der Waals surface area contributed by atoms with Crippen molar-refractivity contribution in [2.75, 3.05) is 6.61 Å². The summed E-state index contributed by atoms with van der Waals surface area (Å²) in [6, 6.07) is 0. The van der Waals surface area contributed by atoms with E-state index in [0.29, 0.717) is 12.2 Å². The summed E-state index contributed by atoms with van der Waals surface area (Å²) in [5.41, 5.74) is 4.32. The van der Waals surface area contributed by atoms with Gasteiger partial charge in [0.15, 0.2) is 0 Å². The van der Waals surface area contributed by atoms with Gasteiger partial charge in [-0.05, 0) is 72.3 Å². The van der Waals surface area contributed by atoms with Gasteiger partial charge in [-0.3, -0.25) is 4.79 Å². The number of hydrogen-bond acceptors (Lipinski definition) is 3. The van der Waals surface area contributed by atoms with Gasteiger partial charge in [0.05, 0.1) is 0 Å². The zero-order chi connectivity index (χ0) is 19.9. The van der Waals surface area contributed by atoms with Gasteiger partial charge in [0.2, 0.25) is 0 Å². The zero-order valence-corrected chi connectivity index (χ0v) is 16.9. The van der Waals surface area contributed by atoms with E-state index in [1.165, 1.54) is 23.6 Å². The fourth-order valence-electron chi connectivity index (χ4n) is 2.30. The third kappa shape index (κ3) is 14.3. The van der Waals surface area contributed by atoms with Crippen LogP contribution in [0.15, 0.2) is 46.6 Å². The van der Waals surface area contributed by atoms with E-state index in [2.05, 4.69) is 32.9 Å². The number of esters is 1. The number of ether oxygens (including phenoxy) is 1. The Morgan fingerprint density at radius 1 is 0.731 bits per heavy atom. The van der Waals surface area contributed by atoms with E-state index in [9.17, 15) is 9.59 Å². The van der Waals surface area contributed by atoms with Crippen molar-refractivity contribution in [2.45, 2.75) is 73.1 Å². The molecule has 0 aliphatic heterocycles. The van der Waals surface area contributed by atoms with E-state index in [1.807, 2.05) is 6.08 Å². The highest BCUT2D eigenvalue weighted by atomic mass is 16.5. The zero-order valence-electron chi connectivity index (χ0n) is 16.9. The normalized spacial score (nSPS) is 13.7. The minimum absolute atomic E-state index is 0.249. The molecule has 0 amide bonds. The first-order valence-corrected chi connectivity index (χ1v) is 9.22. The quantitative estimate of drug-likeness (QED) is 0.272. The van der Waals surface area contributed by atoms with Crippen LogP contribution in [0.4, 0.5) is 0 Å². The van der Waals surface area contributed by atoms with Gasteiger partial charge in [-0.1, -0.05) is 34.9 Å². The molecule has 1 N–H and O–H groups in total. The average Bonchev–Trinajstić information content (AvgIpc) is 2.54. The van der Waals surface area contributed by atoms with Crippen molar-refractivity contribution in [1.82, 2.24) is 0 Å². The summed E-state index contributed by atoms with van der Waals surface area (Å²) in [4.78, 5) is 21.4. The first kappa shape index (κ1) is 23.9. The highest BCUT2D eigenvalue weighted by Crippen LogP contribution is 2.13. The predicted molar refractivity (Wildman–Crippen MR) is 107 cm³/mol. The summed E-state index contributed by atoms with van der Waals surface area (Å²) < 4.78 is 4.90. The second-order valence-electron chi connectivity index (χ2n) is 6.76. The molecule has 0 saturated carbocycles. The van der Waals surface area contributed by atoms with Gasteiger partial charge in [0.25, 0.3) is 0 Å². The third-order valence-corrected chi connectivity index (χ3v) is 4.11. The molecule has 0 spiro atoms. The Morgan fingerprint density at radius 3 is 1.58 bits per heavy atom. The fourth-order valence-corrected chi connectivity index (χ4v) is 2.30. The lowest BCUT2D eigenvalue weighted by Crippen LogP contribution is -1.98. The Hall–Kier alpha value is -2.10. The molecule has 146 valence electrons. The van der Waals surface area contributed by atoms with Crippen molar-refractivity contribution in [1.29, 1.82) is 0 Å². The van der Waals surface area contributed by atoms with Crippen LogP contribution in [0.2, 0.25) is 0 Å². The summed E-state index contributed by atoms with van der Waals surface area (Å²) in [7, 11) is 0. The standard InChI is InChI=1S/C22H34O4/c1-17(11-7-12-19(3)15-16-26-21(5)23)9-6-10-18(2)13-8-14-20(4)22(24)25/h10-11,14-15H,6-9,12-13,16H2,1-5H3,(H,24,25)/b17-11+,18-10+,19-15+,20-14-. The van der Waals surface area contributed by atoms with Crippen LogP contribution < -0.4 is 0 Å². The minimum Gasteiger partial charge on any atom is -0.478 e. The smallest absolute Gasteiger partial charge is 0.330 e. The van der Waals surface area contributed by atoms with Crippen molar-refractivity contribution >= 4 is 11.9 Å². The molecule has 0 aromatic rings. The lowest BCUT2D eigenvalue weighted by molar-refractivity contribution is -0.139. The maximum atomic E-state index is 10.7. The van der Waals surface area contributed by atoms with Crippen molar-refractivity contribution in [3.05, 3.63) is 46.6 Å². The molecule has 0 heterocycles. The molecule has 4 heteroatoms. The van der Waals surface area contributed by atoms with Crippen molar-refractivity contribution in [3.63, 3.8) is 0 Å². The van der Waals surface area contributed by atoms with E-state index in [1.54, 1.807) is 13.0 Å². The van der Waals surface area contributed by atoms with Crippen LogP contribution in [0.1, 0.15) is 73.1 Å². The van der Waals surface area contributed by atoms with Crippen LogP contribution in [0.3, 0.4) is 0 Å². The van der Waals surface area contributed by atoms with Gasteiger partial charge in [0.1, 0.15) is 6.61 Å². The van der Waals surface area contributed by atoms with Crippen LogP contribution in [0.5, 0.6) is 0 Å². The largest absolute Gasteiger partial charge is 0.478 e. The molecular formula is C22H34O4. The highest BCUT2D eigenvalue weighted by molar-refractivity contribution is 5.85. The average molecular weight is 363 g/mol. The van der Waals surface area contributed by atoms with E-state index < -0.39 is 5.97 Å². The summed E-state index contributed by atoms with van der Waals surface area (Å²) >= 11 is 0. The molecule has 4 nitrogen and oxygen atoms in total. The number of carboxylic acids is 1. The number of carboxylic acid groups (broad SMARTS) is 1. The number of carbonyl (C=O) groups excluding carboxylic acids is 1. The van der Waals surface area contributed by atoms with Crippen molar-refractivity contribution in [2.24, 2.45) is 0 Å². The van der Waals surface area contributed by atoms with Crippen molar-refractivity contribution < 1.29 is 19.4 Å². The second kappa shape index (κ2) is 14.1. The SMILES string of the molecule is CC(=O)OC/C=C(\C)CC/C=C(\C)CC/C=C(\C)CC/C=C(/C)C(=O)O. The molecule has 0 aromatic carbocycles. The molecule has 0 radical (unpaired) electrons. The van der Waals surface area contributed by atoms with Gasteiger partial charge >= 0.3 is 11.9 Å². The number of aliphatic carboxylic acids is 1. The molecule has 0 rings (SSSR count). The molecular weight excluding hydrogens is 328 g/mol. The van der Waals surface area contributed by atoms with Crippen LogP contribution in [-0.2, 0) is 14.3 Å². The maximum absolute atomic E-state index is 10.7. The van der Waals surface area contributed by atoms with E-state index >= 15 is 0 Å². The molecule has 0 bridgehead atoms. The number of rotatable bonds is 12. The second-order valence-corrected chi connectivity index (χ2v) is 6.76. The summed E-state index contributed by atoms with van der Waals surface area (Å²) in [6.07, 6.45) is 13.9. The van der Waals surface area contributed by atoms with Crippen LogP contribution >= 0.6 is 0 Å². The van der Waals surface area contributed by atoms with Crippen LogP contribution in [0, 0.1) is 0 Å². The molecule has 0 saturated heterocycles. The van der Waals surface area contributed by atoms with E-state index in [4.69, 9.17) is 9.84 Å². The number of carbonyl (C=O) groups is 2. The van der Waals surface area contributed by atoms with Crippen molar-refractivity contribution in [3.8, 4) is 0 Å². The highest BCUT2D eigenvalue weighted by Gasteiger charge is 1.98. The van der Waals surface area contributed by atoms with Gasteiger partial charge in [-0.2, -0.15) is 0 Å². The fraction of sp³-hybridized carbons (Fsp3) is 0.545. The Morgan fingerprint density at radius 2 is 1.15 bits per heavy atom. The van der Waals surface area contributed by atoms with E-state index in [-0.39, 0.29) is 5.97 Å². The Bertz CT molecular complexity index is 577. The number of allylic oxidation sites excluding steroid dienone is 6. The van der Waals surface area contributed by atoms with Gasteiger partial charge in [0, 0.05) is 12.5 Å². The summed E-state index contributed by atoms with van der Waals surface area (Å²) in [5.74, 6) is -1.09. The lowest BCUT2D eigenvalue weighted by atomic mass is 10.0. The first-order valence-electron chi connectivity index (χ1n) is 9.22. The Balaban J connectivity index is 4.07. The van der Waals surface area contributed by atoms with Crippen LogP contribution in [-0.4, -0.2) is 23.7 Å². The topological polar surface area (TPSA) is 63.6 Å². The van der Waals surface area contributed by atoms with Gasteiger partial charge < -0.3 is 9.84 Å². The summed E-state index contributed by atoms with van der Waals surface area (Å²) in [6.45, 7) is 9.71. The predicted octanol–water partition coefficient (Wildman–Crippen LogP) is 5.76. The number of hydrogen-bond donors (Lipinski definition) is 1. The summed E-state index contributed by atoms with van der Waals surface area (Å²) in [5, 5.41) is 8.81. The molecule has 0 aromatic heterocycles. The maximum Gasteiger partial charge on any atom is 0.330 e.